The molecule has 194 valence electrons. The van der Waals surface area contributed by atoms with E-state index >= 15 is 0 Å². The van der Waals surface area contributed by atoms with E-state index in [9.17, 15) is 9.59 Å². The molecule has 8 nitrogen and oxygen atoms in total. The van der Waals surface area contributed by atoms with Crippen LogP contribution in [0.1, 0.15) is 43.6 Å². The first kappa shape index (κ1) is 26.3. The van der Waals surface area contributed by atoms with Gasteiger partial charge in [-0.3, -0.25) is 9.69 Å². The first-order chi connectivity index (χ1) is 17.6. The van der Waals surface area contributed by atoms with Gasteiger partial charge in [0.1, 0.15) is 5.60 Å². The third-order valence-electron chi connectivity index (χ3n) is 6.33. The Kier molecular flexibility index (Phi) is 7.88. The van der Waals surface area contributed by atoms with E-state index in [1.165, 1.54) is 0 Å². The van der Waals surface area contributed by atoms with E-state index in [2.05, 4.69) is 33.9 Å². The number of anilines is 1. The molecule has 1 aliphatic heterocycles. The van der Waals surface area contributed by atoms with Crippen molar-refractivity contribution >= 4 is 17.7 Å². The van der Waals surface area contributed by atoms with Gasteiger partial charge in [-0.1, -0.05) is 24.3 Å². The molecule has 1 aromatic heterocycles. The molecule has 1 atom stereocenters. The zero-order valence-corrected chi connectivity index (χ0v) is 22.2. The molecule has 2 aromatic carbocycles. The number of amides is 2. The van der Waals surface area contributed by atoms with Crippen LogP contribution in [0.25, 0.3) is 11.4 Å². The van der Waals surface area contributed by atoms with Gasteiger partial charge in [0, 0.05) is 68.5 Å². The third-order valence-corrected chi connectivity index (χ3v) is 6.33. The first-order valence-corrected chi connectivity index (χ1v) is 12.6. The average Bonchev–Trinajstić information content (AvgIpc) is 2.88. The van der Waals surface area contributed by atoms with Gasteiger partial charge < -0.3 is 14.5 Å². The summed E-state index contributed by atoms with van der Waals surface area (Å²) in [5, 5.41) is 0. The molecule has 0 unspecified atom stereocenters. The summed E-state index contributed by atoms with van der Waals surface area (Å²) in [6.07, 6.45) is 3.15. The standard InChI is InChI=1S/C29H35N5O3/c1-21-19-33(17-18-34(21)28(36)37-29(2,3)4)20-22-7-13-25(14-8-22)32(5)27(35)24-11-9-23(10-12-24)26-30-15-6-16-31-26/h6-16,21H,17-20H2,1-5H3/t21-/m0/s1. The Hall–Kier alpha value is -3.78. The van der Waals surface area contributed by atoms with Crippen LogP contribution in [0.15, 0.2) is 67.0 Å². The Balaban J connectivity index is 1.33. The van der Waals surface area contributed by atoms with Crippen LogP contribution in [0.4, 0.5) is 10.5 Å². The van der Waals surface area contributed by atoms with E-state index in [-0.39, 0.29) is 18.0 Å². The minimum absolute atomic E-state index is 0.0754. The Morgan fingerprint density at radius 3 is 2.24 bits per heavy atom. The minimum Gasteiger partial charge on any atom is -0.444 e. The highest BCUT2D eigenvalue weighted by atomic mass is 16.6. The van der Waals surface area contributed by atoms with Crippen LogP contribution in [-0.4, -0.2) is 70.1 Å². The number of carbonyl (C=O) groups is 2. The molecule has 4 rings (SSSR count). The number of piperazine rings is 1. The van der Waals surface area contributed by atoms with E-state index in [1.807, 2.05) is 49.9 Å². The number of rotatable bonds is 5. The normalized spacial score (nSPS) is 16.4. The summed E-state index contributed by atoms with van der Waals surface area (Å²) in [6, 6.07) is 17.2. The van der Waals surface area contributed by atoms with Gasteiger partial charge in [0.25, 0.3) is 5.91 Å². The topological polar surface area (TPSA) is 78.9 Å². The second kappa shape index (κ2) is 11.1. The molecule has 0 aliphatic carbocycles. The van der Waals surface area contributed by atoms with E-state index in [0.717, 1.165) is 36.4 Å². The molecule has 1 saturated heterocycles. The number of benzene rings is 2. The summed E-state index contributed by atoms with van der Waals surface area (Å²) in [5.41, 5.74) is 2.96. The van der Waals surface area contributed by atoms with Crippen molar-refractivity contribution in [3.63, 3.8) is 0 Å². The number of ether oxygens (including phenoxy) is 1. The number of carbonyl (C=O) groups excluding carboxylic acids is 2. The Morgan fingerprint density at radius 2 is 1.65 bits per heavy atom. The van der Waals surface area contributed by atoms with Crippen molar-refractivity contribution in [1.29, 1.82) is 0 Å². The van der Waals surface area contributed by atoms with E-state index in [1.54, 1.807) is 42.5 Å². The molecular weight excluding hydrogens is 466 g/mol. The summed E-state index contributed by atoms with van der Waals surface area (Å²) in [5.74, 6) is 0.548. The zero-order valence-electron chi connectivity index (χ0n) is 22.2. The van der Waals surface area contributed by atoms with Gasteiger partial charge in [-0.05, 0) is 63.6 Å². The molecule has 2 amide bonds. The van der Waals surface area contributed by atoms with Crippen LogP contribution >= 0.6 is 0 Å². The van der Waals surface area contributed by atoms with Crippen molar-refractivity contribution < 1.29 is 14.3 Å². The summed E-state index contributed by atoms with van der Waals surface area (Å²) in [7, 11) is 1.78. The quantitative estimate of drug-likeness (QED) is 0.497. The summed E-state index contributed by atoms with van der Waals surface area (Å²) in [6.45, 7) is 10.7. The average molecular weight is 502 g/mol. The second-order valence-electron chi connectivity index (χ2n) is 10.4. The fourth-order valence-electron chi connectivity index (χ4n) is 4.37. The molecule has 1 aliphatic rings. The lowest BCUT2D eigenvalue weighted by molar-refractivity contribution is 0.000551. The van der Waals surface area contributed by atoms with Gasteiger partial charge in [0.2, 0.25) is 0 Å². The summed E-state index contributed by atoms with van der Waals surface area (Å²) in [4.78, 5) is 39.8. The molecule has 0 radical (unpaired) electrons. The second-order valence-corrected chi connectivity index (χ2v) is 10.4. The van der Waals surface area contributed by atoms with Crippen molar-refractivity contribution in [2.45, 2.75) is 45.9 Å². The van der Waals surface area contributed by atoms with Crippen LogP contribution in [0, 0.1) is 0 Å². The smallest absolute Gasteiger partial charge is 0.410 e. The zero-order chi connectivity index (χ0) is 26.6. The first-order valence-electron chi connectivity index (χ1n) is 12.6. The molecule has 0 spiro atoms. The van der Waals surface area contributed by atoms with Gasteiger partial charge in [-0.15, -0.1) is 0 Å². The van der Waals surface area contributed by atoms with Gasteiger partial charge in [-0.2, -0.15) is 0 Å². The molecule has 2 heterocycles. The van der Waals surface area contributed by atoms with E-state index in [0.29, 0.717) is 17.9 Å². The maximum atomic E-state index is 13.0. The maximum absolute atomic E-state index is 13.0. The van der Waals surface area contributed by atoms with Gasteiger partial charge in [-0.25, -0.2) is 14.8 Å². The minimum atomic E-state index is -0.495. The Labute approximate surface area is 218 Å². The highest BCUT2D eigenvalue weighted by Crippen LogP contribution is 2.21. The van der Waals surface area contributed by atoms with Gasteiger partial charge in [0.05, 0.1) is 0 Å². The molecule has 0 bridgehead atoms. The number of nitrogens with zero attached hydrogens (tertiary/aromatic N) is 5. The van der Waals surface area contributed by atoms with Crippen molar-refractivity contribution in [2.75, 3.05) is 31.6 Å². The lowest BCUT2D eigenvalue weighted by Gasteiger charge is -2.40. The van der Waals surface area contributed by atoms with Crippen LogP contribution in [0.3, 0.4) is 0 Å². The van der Waals surface area contributed by atoms with Crippen molar-refractivity contribution in [3.8, 4) is 11.4 Å². The Bertz CT molecular complexity index is 1210. The number of hydrogen-bond acceptors (Lipinski definition) is 6. The fraction of sp³-hybridized carbons (Fsp3) is 0.379. The number of aromatic nitrogens is 2. The van der Waals surface area contributed by atoms with Crippen LogP contribution in [-0.2, 0) is 11.3 Å². The van der Waals surface area contributed by atoms with Crippen molar-refractivity contribution in [2.24, 2.45) is 0 Å². The lowest BCUT2D eigenvalue weighted by Crippen LogP contribution is -2.54. The molecular formula is C29H35N5O3. The van der Waals surface area contributed by atoms with E-state index < -0.39 is 5.60 Å². The molecule has 0 saturated carbocycles. The van der Waals surface area contributed by atoms with Gasteiger partial charge >= 0.3 is 6.09 Å². The van der Waals surface area contributed by atoms with Crippen molar-refractivity contribution in [1.82, 2.24) is 19.8 Å². The molecule has 0 N–H and O–H groups in total. The molecule has 3 aromatic rings. The largest absolute Gasteiger partial charge is 0.444 e. The molecule has 37 heavy (non-hydrogen) atoms. The highest BCUT2D eigenvalue weighted by Gasteiger charge is 2.30. The Morgan fingerprint density at radius 1 is 1.00 bits per heavy atom. The van der Waals surface area contributed by atoms with Crippen molar-refractivity contribution in [3.05, 3.63) is 78.1 Å². The maximum Gasteiger partial charge on any atom is 0.410 e. The summed E-state index contributed by atoms with van der Waals surface area (Å²) >= 11 is 0. The lowest BCUT2D eigenvalue weighted by atomic mass is 10.1. The van der Waals surface area contributed by atoms with E-state index in [4.69, 9.17) is 4.74 Å². The number of hydrogen-bond donors (Lipinski definition) is 0. The van der Waals surface area contributed by atoms with Gasteiger partial charge in [0.15, 0.2) is 5.82 Å². The SMILES string of the molecule is C[C@H]1CN(Cc2ccc(N(C)C(=O)c3ccc(-c4ncccn4)cc3)cc2)CCN1C(=O)OC(C)(C)C. The molecule has 1 fully saturated rings. The fourth-order valence-corrected chi connectivity index (χ4v) is 4.37. The summed E-state index contributed by atoms with van der Waals surface area (Å²) < 4.78 is 5.54. The van der Waals surface area contributed by atoms with Crippen LogP contribution in [0.2, 0.25) is 0 Å². The monoisotopic (exact) mass is 501 g/mol. The predicted molar refractivity (Wildman–Crippen MR) is 144 cm³/mol. The van der Waals surface area contributed by atoms with Crippen LogP contribution in [0.5, 0.6) is 0 Å². The van der Waals surface area contributed by atoms with Crippen LogP contribution < -0.4 is 4.90 Å². The third kappa shape index (κ3) is 6.71. The molecule has 8 heteroatoms. The highest BCUT2D eigenvalue weighted by molar-refractivity contribution is 6.05. The predicted octanol–water partition coefficient (Wildman–Crippen LogP) is 4.86.